The van der Waals surface area contributed by atoms with Crippen LogP contribution in [0.4, 0.5) is 0 Å². The first-order valence-corrected chi connectivity index (χ1v) is 15.0. The molecule has 3 aromatic rings. The summed E-state index contributed by atoms with van der Waals surface area (Å²) in [5.41, 5.74) is 2.91. The van der Waals surface area contributed by atoms with E-state index in [-0.39, 0.29) is 35.6 Å². The molecule has 2 amide bonds. The highest BCUT2D eigenvalue weighted by atomic mass is 16.5. The molecule has 3 aliphatic carbocycles. The van der Waals surface area contributed by atoms with E-state index in [1.54, 1.807) is 24.5 Å². The third-order valence-electron chi connectivity index (χ3n) is 10.4. The van der Waals surface area contributed by atoms with Crippen LogP contribution in [0.3, 0.4) is 0 Å². The summed E-state index contributed by atoms with van der Waals surface area (Å²) in [4.78, 5) is 55.9. The summed E-state index contributed by atoms with van der Waals surface area (Å²) in [7, 11) is 0. The SMILES string of the molecule is O=C1NC(=O)[C@H]2CC=C3[C@H](C4=COc5ccc(O)cc5C4)[C@]4(c5ccccc5)C(=O)C=C(c5ccccc5)C(=O)[C@@H]4C[C@H]3[C@@H]12. The Labute approximate surface area is 253 Å². The van der Waals surface area contributed by atoms with Gasteiger partial charge in [0.1, 0.15) is 11.5 Å². The molecule has 7 heteroatoms. The summed E-state index contributed by atoms with van der Waals surface area (Å²) in [5.74, 6) is -3.15. The summed E-state index contributed by atoms with van der Waals surface area (Å²) in [6.45, 7) is 0. The van der Waals surface area contributed by atoms with E-state index in [0.717, 1.165) is 22.3 Å². The van der Waals surface area contributed by atoms with Gasteiger partial charge in [-0.25, -0.2) is 0 Å². The molecule has 1 saturated heterocycles. The molecule has 0 unspecified atom stereocenters. The number of carbonyl (C=O) groups excluding carboxylic acids is 4. The minimum atomic E-state index is -1.30. The maximum atomic E-state index is 15.0. The summed E-state index contributed by atoms with van der Waals surface area (Å²) >= 11 is 0. The van der Waals surface area contributed by atoms with Gasteiger partial charge in [0.2, 0.25) is 11.8 Å². The Kier molecular flexibility index (Phi) is 5.88. The van der Waals surface area contributed by atoms with Gasteiger partial charge in [0.15, 0.2) is 11.6 Å². The lowest BCUT2D eigenvalue weighted by molar-refractivity contribution is -0.136. The molecule has 44 heavy (non-hydrogen) atoms. The number of benzene rings is 3. The molecule has 7 nitrogen and oxygen atoms in total. The van der Waals surface area contributed by atoms with Crippen LogP contribution in [0.5, 0.6) is 11.5 Å². The molecule has 2 aliphatic heterocycles. The third-order valence-corrected chi connectivity index (χ3v) is 10.4. The van der Waals surface area contributed by atoms with Crippen molar-refractivity contribution >= 4 is 29.0 Å². The summed E-state index contributed by atoms with van der Waals surface area (Å²) in [6.07, 6.45) is 6.24. The maximum absolute atomic E-state index is 15.0. The lowest BCUT2D eigenvalue weighted by Crippen LogP contribution is -2.60. The van der Waals surface area contributed by atoms with Gasteiger partial charge < -0.3 is 9.84 Å². The van der Waals surface area contributed by atoms with E-state index < -0.39 is 35.0 Å². The third kappa shape index (κ3) is 3.68. The number of imide groups is 1. The van der Waals surface area contributed by atoms with E-state index in [0.29, 0.717) is 29.7 Å². The van der Waals surface area contributed by atoms with Gasteiger partial charge in [0, 0.05) is 29.4 Å². The van der Waals surface area contributed by atoms with E-state index in [4.69, 9.17) is 4.74 Å². The standard InChI is InChI=1S/C37H29NO6/c39-24-11-14-30-21(16-24)15-22(19-44-30)33-25-12-13-26-32(36(43)38-35(26)42)28(25)17-29-34(41)27(20-7-3-1-4-8-20)18-31(40)37(29,33)23-9-5-2-6-10-23/h1-12,14,16,18-19,26,28-29,32-33,39H,13,15,17H2,(H,38,42,43)/t26-,28+,29-,32-,33-,37-/m0/s1. The molecule has 8 rings (SSSR count). The van der Waals surface area contributed by atoms with Crippen molar-refractivity contribution in [1.82, 2.24) is 5.32 Å². The second-order valence-electron chi connectivity index (χ2n) is 12.4. The molecule has 0 bridgehead atoms. The monoisotopic (exact) mass is 583 g/mol. The lowest BCUT2D eigenvalue weighted by atomic mass is 9.44. The van der Waals surface area contributed by atoms with Gasteiger partial charge in [0.05, 0.1) is 23.5 Å². The first-order chi connectivity index (χ1) is 21.4. The molecule has 6 atom stereocenters. The number of hydrogen-bond donors (Lipinski definition) is 2. The van der Waals surface area contributed by atoms with Crippen molar-refractivity contribution in [3.63, 3.8) is 0 Å². The average Bonchev–Trinajstić information content (AvgIpc) is 3.35. The first-order valence-electron chi connectivity index (χ1n) is 15.0. The van der Waals surface area contributed by atoms with Gasteiger partial charge in [0.25, 0.3) is 0 Å². The van der Waals surface area contributed by atoms with Crippen LogP contribution >= 0.6 is 0 Å². The summed E-state index contributed by atoms with van der Waals surface area (Å²) in [6, 6.07) is 23.6. The summed E-state index contributed by atoms with van der Waals surface area (Å²) in [5, 5.41) is 12.8. The molecule has 0 radical (unpaired) electrons. The minimum absolute atomic E-state index is 0.103. The topological polar surface area (TPSA) is 110 Å². The number of phenolic OH excluding ortho intramolecular Hbond substituents is 1. The predicted molar refractivity (Wildman–Crippen MR) is 161 cm³/mol. The number of rotatable bonds is 3. The van der Waals surface area contributed by atoms with Crippen molar-refractivity contribution in [2.24, 2.45) is 29.6 Å². The zero-order valence-corrected chi connectivity index (χ0v) is 23.7. The van der Waals surface area contributed by atoms with Gasteiger partial charge in [-0.15, -0.1) is 0 Å². The van der Waals surface area contributed by atoms with Gasteiger partial charge >= 0.3 is 0 Å². The Bertz CT molecular complexity index is 1850. The van der Waals surface area contributed by atoms with Crippen LogP contribution in [0.2, 0.25) is 0 Å². The number of hydrogen-bond acceptors (Lipinski definition) is 6. The van der Waals surface area contributed by atoms with Crippen LogP contribution in [0, 0.1) is 29.6 Å². The number of fused-ring (bicyclic) bond motifs is 5. The largest absolute Gasteiger partial charge is 0.508 e. The second kappa shape index (κ2) is 9.74. The fourth-order valence-electron chi connectivity index (χ4n) is 8.60. The van der Waals surface area contributed by atoms with Gasteiger partial charge in [-0.2, -0.15) is 0 Å². The Balaban J connectivity index is 1.38. The van der Waals surface area contributed by atoms with Gasteiger partial charge in [-0.3, -0.25) is 24.5 Å². The van der Waals surface area contributed by atoms with Crippen LogP contribution < -0.4 is 10.1 Å². The van der Waals surface area contributed by atoms with E-state index >= 15 is 0 Å². The minimum Gasteiger partial charge on any atom is -0.508 e. The molecule has 1 saturated carbocycles. The number of aromatic hydroxyl groups is 1. The van der Waals surface area contributed by atoms with Crippen molar-refractivity contribution in [2.45, 2.75) is 24.7 Å². The molecule has 3 aromatic carbocycles. The lowest BCUT2D eigenvalue weighted by Gasteiger charge is -2.56. The molecular formula is C37H29NO6. The number of amides is 2. The maximum Gasteiger partial charge on any atom is 0.231 e. The zero-order chi connectivity index (χ0) is 30.2. The van der Waals surface area contributed by atoms with Crippen molar-refractivity contribution in [2.75, 3.05) is 0 Å². The van der Waals surface area contributed by atoms with E-state index in [9.17, 15) is 24.3 Å². The quantitative estimate of drug-likeness (QED) is 0.337. The first kappa shape index (κ1) is 26.6. The van der Waals surface area contributed by atoms with Crippen LogP contribution in [0.25, 0.3) is 5.57 Å². The number of ketones is 2. The highest BCUT2D eigenvalue weighted by Gasteiger charge is 2.65. The molecule has 0 spiro atoms. The molecule has 0 aromatic heterocycles. The Morgan fingerprint density at radius 1 is 0.864 bits per heavy atom. The Morgan fingerprint density at radius 3 is 2.39 bits per heavy atom. The molecule has 2 N–H and O–H groups in total. The predicted octanol–water partition coefficient (Wildman–Crippen LogP) is 4.86. The van der Waals surface area contributed by atoms with E-state index in [1.165, 1.54) is 6.08 Å². The van der Waals surface area contributed by atoms with Crippen molar-refractivity contribution in [3.8, 4) is 11.5 Å². The number of carbonyl (C=O) groups is 4. The van der Waals surface area contributed by atoms with Crippen LogP contribution in [-0.2, 0) is 31.0 Å². The van der Waals surface area contributed by atoms with Crippen molar-refractivity contribution in [1.29, 1.82) is 0 Å². The Morgan fingerprint density at radius 2 is 1.61 bits per heavy atom. The van der Waals surface area contributed by atoms with Crippen molar-refractivity contribution in [3.05, 3.63) is 125 Å². The summed E-state index contributed by atoms with van der Waals surface area (Å²) < 4.78 is 6.12. The van der Waals surface area contributed by atoms with Crippen LogP contribution in [0.15, 0.2) is 108 Å². The van der Waals surface area contributed by atoms with Crippen LogP contribution in [-0.4, -0.2) is 28.5 Å². The number of ether oxygens (including phenoxy) is 1. The highest BCUT2D eigenvalue weighted by Crippen LogP contribution is 2.62. The molecule has 2 fully saturated rings. The number of nitrogens with one attached hydrogen (secondary N) is 1. The van der Waals surface area contributed by atoms with Gasteiger partial charge in [-0.05, 0) is 59.7 Å². The fraction of sp³-hybridized carbons (Fsp3) is 0.243. The zero-order valence-electron chi connectivity index (χ0n) is 23.7. The smallest absolute Gasteiger partial charge is 0.231 e. The average molecular weight is 584 g/mol. The number of phenols is 1. The number of Topliss-reactive ketones (excluding diaryl/α,β-unsaturated/α-hetero) is 1. The fourth-order valence-corrected chi connectivity index (χ4v) is 8.60. The molecule has 2 heterocycles. The van der Waals surface area contributed by atoms with E-state index in [2.05, 4.69) is 5.32 Å². The highest BCUT2D eigenvalue weighted by molar-refractivity contribution is 6.31. The molecule has 5 aliphatic rings. The molecular weight excluding hydrogens is 554 g/mol. The van der Waals surface area contributed by atoms with Crippen LogP contribution in [0.1, 0.15) is 29.5 Å². The molecule has 218 valence electrons. The second-order valence-corrected chi connectivity index (χ2v) is 12.4. The number of allylic oxidation sites excluding steroid dienone is 5. The van der Waals surface area contributed by atoms with E-state index in [1.807, 2.05) is 66.7 Å². The van der Waals surface area contributed by atoms with Crippen molar-refractivity contribution < 1.29 is 29.0 Å². The normalized spacial score (nSPS) is 30.5. The Hall–Kier alpha value is -5.04. The van der Waals surface area contributed by atoms with Gasteiger partial charge in [-0.1, -0.05) is 72.3 Å².